The molecule has 0 saturated heterocycles. The number of aromatic nitrogens is 2. The van der Waals surface area contributed by atoms with Crippen LogP contribution < -0.4 is 0 Å². The van der Waals surface area contributed by atoms with Crippen molar-refractivity contribution in [3.05, 3.63) is 82.3 Å². The molecular formula is C20H18N2S2. The van der Waals surface area contributed by atoms with Crippen molar-refractivity contribution in [2.75, 3.05) is 0 Å². The average molecular weight is 351 g/mol. The van der Waals surface area contributed by atoms with Crippen molar-refractivity contribution in [3.63, 3.8) is 0 Å². The van der Waals surface area contributed by atoms with Crippen LogP contribution in [0.1, 0.15) is 10.6 Å². The monoisotopic (exact) mass is 350 g/mol. The van der Waals surface area contributed by atoms with Crippen LogP contribution in [0, 0.1) is 13.8 Å². The summed E-state index contributed by atoms with van der Waals surface area (Å²) in [6.07, 6.45) is 0. The minimum absolute atomic E-state index is 1.07. The second kappa shape index (κ2) is 7.99. The molecule has 0 bridgehead atoms. The highest BCUT2D eigenvalue weighted by atomic mass is 32.1. The Balaban J connectivity index is 0.000000203. The Bertz CT molecular complexity index is 810. The number of nitrogens with zero attached hydrogens (tertiary/aromatic N) is 2. The van der Waals surface area contributed by atoms with Crippen LogP contribution in [0.15, 0.2) is 71.7 Å². The zero-order valence-corrected chi connectivity index (χ0v) is 15.3. The van der Waals surface area contributed by atoms with E-state index in [9.17, 15) is 0 Å². The average Bonchev–Trinajstić information content (AvgIpc) is 3.27. The SMILES string of the molecule is Cc1ncsc1C.c1ccc(-c2ncsc2-c2ccccc2)cc1. The molecule has 24 heavy (non-hydrogen) atoms. The number of hydrogen-bond donors (Lipinski definition) is 0. The van der Waals surface area contributed by atoms with Crippen LogP contribution >= 0.6 is 22.7 Å². The molecule has 0 atom stereocenters. The van der Waals surface area contributed by atoms with Gasteiger partial charge in [-0.05, 0) is 19.4 Å². The molecule has 0 spiro atoms. The first-order chi connectivity index (χ1) is 11.8. The van der Waals surface area contributed by atoms with E-state index in [2.05, 4.69) is 53.3 Å². The van der Waals surface area contributed by atoms with E-state index in [1.165, 1.54) is 20.9 Å². The Morgan fingerprint density at radius 1 is 0.667 bits per heavy atom. The highest BCUT2D eigenvalue weighted by Crippen LogP contribution is 2.34. The molecule has 4 aromatic rings. The largest absolute Gasteiger partial charge is 0.250 e. The lowest BCUT2D eigenvalue weighted by Crippen LogP contribution is -1.80. The Morgan fingerprint density at radius 2 is 1.25 bits per heavy atom. The van der Waals surface area contributed by atoms with E-state index in [1.807, 2.05) is 42.2 Å². The van der Waals surface area contributed by atoms with Gasteiger partial charge in [0.25, 0.3) is 0 Å². The van der Waals surface area contributed by atoms with Gasteiger partial charge in [0, 0.05) is 10.4 Å². The van der Waals surface area contributed by atoms with Crippen molar-refractivity contribution < 1.29 is 0 Å². The maximum absolute atomic E-state index is 4.48. The van der Waals surface area contributed by atoms with Gasteiger partial charge >= 0.3 is 0 Å². The van der Waals surface area contributed by atoms with Gasteiger partial charge in [0.2, 0.25) is 0 Å². The van der Waals surface area contributed by atoms with Gasteiger partial charge < -0.3 is 0 Å². The number of hydrogen-bond acceptors (Lipinski definition) is 4. The lowest BCUT2D eigenvalue weighted by molar-refractivity contribution is 1.23. The molecule has 0 aliphatic rings. The number of benzene rings is 2. The second-order valence-corrected chi connectivity index (χ2v) is 7.17. The first-order valence-electron chi connectivity index (χ1n) is 7.66. The van der Waals surface area contributed by atoms with Crippen molar-refractivity contribution in [3.8, 4) is 21.7 Å². The smallest absolute Gasteiger partial charge is 0.0890 e. The Labute approximate surface area is 150 Å². The second-order valence-electron chi connectivity index (χ2n) is 5.26. The van der Waals surface area contributed by atoms with Gasteiger partial charge in [-0.1, -0.05) is 60.7 Å². The Kier molecular flexibility index (Phi) is 5.51. The van der Waals surface area contributed by atoms with Gasteiger partial charge in [0.05, 0.1) is 27.3 Å². The van der Waals surface area contributed by atoms with E-state index in [4.69, 9.17) is 0 Å². The van der Waals surface area contributed by atoms with Crippen LogP contribution in [0.25, 0.3) is 21.7 Å². The van der Waals surface area contributed by atoms with E-state index < -0.39 is 0 Å². The molecule has 4 heteroatoms. The van der Waals surface area contributed by atoms with Gasteiger partial charge in [-0.25, -0.2) is 9.97 Å². The third kappa shape index (κ3) is 3.96. The predicted octanol–water partition coefficient (Wildman–Crippen LogP) is 6.24. The van der Waals surface area contributed by atoms with Crippen molar-refractivity contribution in [2.24, 2.45) is 0 Å². The lowest BCUT2D eigenvalue weighted by Gasteiger charge is -2.02. The molecule has 4 rings (SSSR count). The van der Waals surface area contributed by atoms with Crippen LogP contribution in [0.5, 0.6) is 0 Å². The van der Waals surface area contributed by atoms with Crippen LogP contribution in [0.4, 0.5) is 0 Å². The van der Waals surface area contributed by atoms with Crippen LogP contribution in [0.2, 0.25) is 0 Å². The van der Waals surface area contributed by atoms with Crippen molar-refractivity contribution in [2.45, 2.75) is 13.8 Å². The summed E-state index contributed by atoms with van der Waals surface area (Å²) < 4.78 is 0. The number of aryl methyl sites for hydroxylation is 2. The van der Waals surface area contributed by atoms with Crippen molar-refractivity contribution in [1.82, 2.24) is 9.97 Å². The molecule has 0 radical (unpaired) electrons. The van der Waals surface area contributed by atoms with Crippen molar-refractivity contribution in [1.29, 1.82) is 0 Å². The predicted molar refractivity (Wildman–Crippen MR) is 105 cm³/mol. The standard InChI is InChI=1S/C15H11NS.C5H7NS/c1-3-7-12(8-4-1)14-15(17-11-16-14)13-9-5-2-6-10-13;1-4-5(2)7-3-6-4/h1-11H;3H,1-2H3. The molecule has 0 unspecified atom stereocenters. The third-order valence-corrected chi connectivity index (χ3v) is 5.37. The number of rotatable bonds is 2. The van der Waals surface area contributed by atoms with Crippen LogP contribution in [-0.2, 0) is 0 Å². The first-order valence-corrected chi connectivity index (χ1v) is 9.42. The zero-order valence-electron chi connectivity index (χ0n) is 13.6. The maximum atomic E-state index is 4.48. The quantitative estimate of drug-likeness (QED) is 0.428. The molecule has 0 saturated carbocycles. The number of thiazole rings is 2. The maximum Gasteiger partial charge on any atom is 0.0890 e. The first kappa shape index (κ1) is 16.6. The zero-order chi connectivity index (χ0) is 16.8. The summed E-state index contributed by atoms with van der Waals surface area (Å²) in [6.45, 7) is 4.10. The lowest BCUT2D eigenvalue weighted by atomic mass is 10.1. The van der Waals surface area contributed by atoms with E-state index in [-0.39, 0.29) is 0 Å². The minimum atomic E-state index is 1.07. The summed E-state index contributed by atoms with van der Waals surface area (Å²) >= 11 is 3.38. The fraction of sp³-hybridized carbons (Fsp3) is 0.100. The molecule has 0 N–H and O–H groups in total. The molecule has 0 amide bonds. The molecule has 120 valence electrons. The summed E-state index contributed by atoms with van der Waals surface area (Å²) in [4.78, 5) is 11.1. The summed E-state index contributed by atoms with van der Waals surface area (Å²) in [7, 11) is 0. The summed E-state index contributed by atoms with van der Waals surface area (Å²) in [5, 5.41) is 0. The molecular weight excluding hydrogens is 332 g/mol. The fourth-order valence-electron chi connectivity index (χ4n) is 2.20. The fourth-order valence-corrected chi connectivity index (χ4v) is 3.61. The van der Waals surface area contributed by atoms with Crippen molar-refractivity contribution >= 4 is 22.7 Å². The molecule has 2 aromatic heterocycles. The summed E-state index contributed by atoms with van der Waals surface area (Å²) in [5.41, 5.74) is 8.41. The molecule has 0 fully saturated rings. The molecule has 2 nitrogen and oxygen atoms in total. The molecule has 0 aliphatic heterocycles. The summed E-state index contributed by atoms with van der Waals surface area (Å²) in [6, 6.07) is 20.7. The van der Waals surface area contributed by atoms with Gasteiger partial charge in [-0.3, -0.25) is 0 Å². The van der Waals surface area contributed by atoms with Gasteiger partial charge in [-0.2, -0.15) is 0 Å². The summed E-state index contributed by atoms with van der Waals surface area (Å²) in [5.74, 6) is 0. The van der Waals surface area contributed by atoms with Crippen LogP contribution in [-0.4, -0.2) is 9.97 Å². The Hall–Kier alpha value is -2.30. The van der Waals surface area contributed by atoms with E-state index >= 15 is 0 Å². The van der Waals surface area contributed by atoms with Gasteiger partial charge in [0.15, 0.2) is 0 Å². The highest BCUT2D eigenvalue weighted by molar-refractivity contribution is 7.13. The third-order valence-electron chi connectivity index (χ3n) is 3.64. The van der Waals surface area contributed by atoms with Gasteiger partial charge in [0.1, 0.15) is 0 Å². The topological polar surface area (TPSA) is 25.8 Å². The minimum Gasteiger partial charge on any atom is -0.250 e. The Morgan fingerprint density at radius 3 is 1.75 bits per heavy atom. The van der Waals surface area contributed by atoms with E-state index in [1.54, 1.807) is 22.7 Å². The molecule has 2 aromatic carbocycles. The molecule has 0 aliphatic carbocycles. The normalized spacial score (nSPS) is 10.1. The van der Waals surface area contributed by atoms with Gasteiger partial charge in [-0.15, -0.1) is 22.7 Å². The van der Waals surface area contributed by atoms with E-state index in [0.717, 1.165) is 11.4 Å². The van der Waals surface area contributed by atoms with Crippen LogP contribution in [0.3, 0.4) is 0 Å². The molecule has 2 heterocycles. The van der Waals surface area contributed by atoms with E-state index in [0.29, 0.717) is 0 Å². The highest BCUT2D eigenvalue weighted by Gasteiger charge is 2.09.